The molecule has 246 valence electrons. The minimum atomic E-state index is -0.421. The van der Waals surface area contributed by atoms with E-state index in [9.17, 15) is 9.59 Å². The number of hydrogen-bond donors (Lipinski definition) is 1. The summed E-state index contributed by atoms with van der Waals surface area (Å²) >= 11 is 0. The molecule has 2 heterocycles. The number of aryl methyl sites for hydroxylation is 1. The van der Waals surface area contributed by atoms with Crippen molar-refractivity contribution in [1.29, 1.82) is 0 Å². The van der Waals surface area contributed by atoms with Crippen molar-refractivity contribution in [3.63, 3.8) is 0 Å². The number of carbonyl (C=O) groups is 2. The van der Waals surface area contributed by atoms with Gasteiger partial charge in [0.1, 0.15) is 5.69 Å². The van der Waals surface area contributed by atoms with Crippen LogP contribution in [0.15, 0.2) is 54.8 Å². The fraction of sp³-hybridized carbons (Fsp3) is 0.556. The zero-order valence-electron chi connectivity index (χ0n) is 28.8. The lowest BCUT2D eigenvalue weighted by atomic mass is 9.94. The van der Waals surface area contributed by atoms with Gasteiger partial charge in [0.15, 0.2) is 0 Å². The van der Waals surface area contributed by atoms with Crippen LogP contribution in [0.5, 0.6) is 0 Å². The first-order valence-corrected chi connectivity index (χ1v) is 15.9. The average Bonchev–Trinajstić information content (AvgIpc) is 3.36. The fourth-order valence-electron chi connectivity index (χ4n) is 5.09. The summed E-state index contributed by atoms with van der Waals surface area (Å²) < 4.78 is 14.5. The minimum absolute atomic E-state index is 0.107. The highest BCUT2D eigenvalue weighted by atomic mass is 16.5. The van der Waals surface area contributed by atoms with Gasteiger partial charge in [-0.15, -0.1) is 5.10 Å². The van der Waals surface area contributed by atoms with Gasteiger partial charge in [-0.05, 0) is 64.5 Å². The Morgan fingerprint density at radius 2 is 1.73 bits per heavy atom. The number of fused-ring (bicyclic) bond motifs is 3. The lowest BCUT2D eigenvalue weighted by Gasteiger charge is -2.32. The molecule has 1 aromatic heterocycles. The Hall–Kier alpha value is -3.56. The summed E-state index contributed by atoms with van der Waals surface area (Å²) in [7, 11) is 0. The summed E-state index contributed by atoms with van der Waals surface area (Å²) in [5.41, 5.74) is 4.36. The normalized spacial score (nSPS) is 15.8. The SMILES string of the molecule is C=C/C1=C(\C=C/C)c2c(nnn2CCC(C)(C)OCCC(C)(C)OCC(C)(C)C)-c2ccccc2CN1C(=O)CCNC(C)=O. The molecule has 1 aromatic carbocycles. The van der Waals surface area contributed by atoms with Gasteiger partial charge in [0.2, 0.25) is 11.8 Å². The van der Waals surface area contributed by atoms with Gasteiger partial charge in [-0.2, -0.15) is 0 Å². The van der Waals surface area contributed by atoms with E-state index in [2.05, 4.69) is 70.7 Å². The van der Waals surface area contributed by atoms with Crippen LogP contribution < -0.4 is 5.32 Å². The molecule has 45 heavy (non-hydrogen) atoms. The third-order valence-corrected chi connectivity index (χ3v) is 7.72. The van der Waals surface area contributed by atoms with E-state index in [0.29, 0.717) is 38.4 Å². The number of nitrogens with zero attached hydrogens (tertiary/aromatic N) is 4. The Morgan fingerprint density at radius 1 is 1.04 bits per heavy atom. The van der Waals surface area contributed by atoms with Crippen molar-refractivity contribution < 1.29 is 19.1 Å². The van der Waals surface area contributed by atoms with E-state index in [1.165, 1.54) is 6.92 Å². The number of benzene rings is 1. The van der Waals surface area contributed by atoms with E-state index in [1.54, 1.807) is 11.0 Å². The first-order chi connectivity index (χ1) is 21.1. The Kier molecular flexibility index (Phi) is 12.1. The molecule has 0 bridgehead atoms. The maximum Gasteiger partial charge on any atom is 0.229 e. The number of rotatable bonds is 14. The Labute approximate surface area is 269 Å². The van der Waals surface area contributed by atoms with Crippen molar-refractivity contribution in [3.05, 3.63) is 66.0 Å². The molecule has 0 radical (unpaired) electrons. The Morgan fingerprint density at radius 3 is 2.38 bits per heavy atom. The topological polar surface area (TPSA) is 98.6 Å². The van der Waals surface area contributed by atoms with Gasteiger partial charge in [0, 0.05) is 37.6 Å². The summed E-state index contributed by atoms with van der Waals surface area (Å²) in [4.78, 5) is 26.8. The van der Waals surface area contributed by atoms with E-state index < -0.39 is 5.60 Å². The molecule has 0 aliphatic carbocycles. The van der Waals surface area contributed by atoms with E-state index >= 15 is 0 Å². The molecule has 0 spiro atoms. The summed E-state index contributed by atoms with van der Waals surface area (Å²) in [6.07, 6.45) is 7.29. The third-order valence-electron chi connectivity index (χ3n) is 7.72. The van der Waals surface area contributed by atoms with Gasteiger partial charge < -0.3 is 19.7 Å². The zero-order chi connectivity index (χ0) is 33.4. The molecule has 1 aliphatic rings. The summed E-state index contributed by atoms with van der Waals surface area (Å²) in [5, 5.41) is 12.0. The first-order valence-electron chi connectivity index (χ1n) is 15.9. The monoisotopic (exact) mass is 619 g/mol. The van der Waals surface area contributed by atoms with Gasteiger partial charge in [-0.3, -0.25) is 9.59 Å². The summed E-state index contributed by atoms with van der Waals surface area (Å²) in [6.45, 7) is 24.9. The number of hydrogen-bond acceptors (Lipinski definition) is 6. The highest BCUT2D eigenvalue weighted by Gasteiger charge is 2.30. The van der Waals surface area contributed by atoms with E-state index in [-0.39, 0.29) is 35.8 Å². The molecular weight excluding hydrogens is 566 g/mol. The molecule has 2 amide bonds. The predicted molar refractivity (Wildman–Crippen MR) is 180 cm³/mol. The van der Waals surface area contributed by atoms with Crippen LogP contribution in [-0.4, -0.2) is 62.7 Å². The van der Waals surface area contributed by atoms with Crippen molar-refractivity contribution in [1.82, 2.24) is 25.2 Å². The standard InChI is InChI=1S/C36H53N5O4/c1-11-15-29-30(12-2)40(31(43)18-21-37-26(3)42)24-27-16-13-14-17-28(27)32-33(29)41(39-38-32)22-19-35(7,8)44-23-20-36(9,10)45-25-34(4,5)6/h11-17H,2,18-25H2,1,3-10H3,(H,37,42)/b15-11-,30-29-. The third kappa shape index (κ3) is 10.2. The number of carbonyl (C=O) groups excluding carboxylic acids is 2. The van der Waals surface area contributed by atoms with Crippen LogP contribution in [0.4, 0.5) is 0 Å². The molecule has 1 aliphatic heterocycles. The van der Waals surface area contributed by atoms with Crippen LogP contribution in [0.1, 0.15) is 92.8 Å². The molecule has 0 atom stereocenters. The van der Waals surface area contributed by atoms with Gasteiger partial charge in [-0.1, -0.05) is 69.0 Å². The smallest absolute Gasteiger partial charge is 0.229 e. The molecule has 9 nitrogen and oxygen atoms in total. The van der Waals surface area contributed by atoms with Gasteiger partial charge >= 0.3 is 0 Å². The molecular formula is C36H53N5O4. The largest absolute Gasteiger partial charge is 0.375 e. The van der Waals surface area contributed by atoms with Crippen LogP contribution in [0.2, 0.25) is 0 Å². The van der Waals surface area contributed by atoms with Gasteiger partial charge in [0.25, 0.3) is 0 Å². The quantitative estimate of drug-likeness (QED) is 0.253. The number of allylic oxidation sites excluding steroid dienone is 4. The number of aromatic nitrogens is 3. The van der Waals surface area contributed by atoms with Crippen molar-refractivity contribution in [2.24, 2.45) is 5.41 Å². The molecule has 3 rings (SSSR count). The van der Waals surface area contributed by atoms with E-state index in [4.69, 9.17) is 9.47 Å². The fourth-order valence-corrected chi connectivity index (χ4v) is 5.09. The Bertz CT molecular complexity index is 1410. The highest BCUT2D eigenvalue weighted by Crippen LogP contribution is 2.37. The lowest BCUT2D eigenvalue weighted by molar-refractivity contribution is -0.129. The minimum Gasteiger partial charge on any atom is -0.375 e. The maximum atomic E-state index is 13.6. The second kappa shape index (κ2) is 15.1. The highest BCUT2D eigenvalue weighted by molar-refractivity contribution is 5.90. The second-order valence-electron chi connectivity index (χ2n) is 14.1. The average molecular weight is 620 g/mol. The molecule has 0 saturated carbocycles. The van der Waals surface area contributed by atoms with Crippen LogP contribution in [0.3, 0.4) is 0 Å². The van der Waals surface area contributed by atoms with Crippen molar-refractivity contribution in [2.45, 2.75) is 106 Å². The van der Waals surface area contributed by atoms with Crippen molar-refractivity contribution >= 4 is 17.4 Å². The molecule has 1 N–H and O–H groups in total. The molecule has 0 unspecified atom stereocenters. The first kappa shape index (κ1) is 35.9. The molecule has 0 fully saturated rings. The van der Waals surface area contributed by atoms with Gasteiger partial charge in [0.05, 0.1) is 42.4 Å². The number of amides is 2. The predicted octanol–water partition coefficient (Wildman–Crippen LogP) is 6.70. The van der Waals surface area contributed by atoms with E-state index in [0.717, 1.165) is 34.5 Å². The molecule has 9 heteroatoms. The second-order valence-corrected chi connectivity index (χ2v) is 14.1. The summed E-state index contributed by atoms with van der Waals surface area (Å²) in [5.74, 6) is -0.277. The van der Waals surface area contributed by atoms with Crippen LogP contribution in [0.25, 0.3) is 16.8 Å². The van der Waals surface area contributed by atoms with Crippen LogP contribution in [-0.2, 0) is 32.2 Å². The number of nitrogens with one attached hydrogen (secondary N) is 1. The van der Waals surface area contributed by atoms with Crippen LogP contribution >= 0.6 is 0 Å². The lowest BCUT2D eigenvalue weighted by Crippen LogP contribution is -2.34. The summed E-state index contributed by atoms with van der Waals surface area (Å²) in [6, 6.07) is 7.97. The zero-order valence-corrected chi connectivity index (χ0v) is 28.8. The van der Waals surface area contributed by atoms with Crippen LogP contribution in [0, 0.1) is 5.41 Å². The number of ether oxygens (including phenoxy) is 2. The molecule has 0 saturated heterocycles. The van der Waals surface area contributed by atoms with Gasteiger partial charge in [-0.25, -0.2) is 4.68 Å². The molecule has 2 aromatic rings. The van der Waals surface area contributed by atoms with Crippen molar-refractivity contribution in [3.8, 4) is 11.3 Å². The van der Waals surface area contributed by atoms with E-state index in [1.807, 2.05) is 48.0 Å². The Balaban J connectivity index is 1.92. The van der Waals surface area contributed by atoms with Crippen molar-refractivity contribution in [2.75, 3.05) is 19.8 Å². The maximum absolute atomic E-state index is 13.6.